The Kier molecular flexibility index (Phi) is 5.54. The van der Waals surface area contributed by atoms with E-state index in [9.17, 15) is 8.42 Å². The van der Waals surface area contributed by atoms with Gasteiger partial charge in [0.05, 0.1) is 11.5 Å². The first-order valence-corrected chi connectivity index (χ1v) is 10.7. The van der Waals surface area contributed by atoms with Gasteiger partial charge in [-0.1, -0.05) is 11.6 Å². The Balaban J connectivity index is 1.64. The molecule has 0 saturated carbocycles. The lowest BCUT2D eigenvalue weighted by Gasteiger charge is -2.15. The Morgan fingerprint density at radius 3 is 3.00 bits per heavy atom. The monoisotopic (exact) mass is 382 g/mol. The third-order valence-corrected chi connectivity index (χ3v) is 6.30. The molecule has 3 N–H and O–H groups in total. The van der Waals surface area contributed by atoms with E-state index < -0.39 is 9.84 Å². The normalized spacial score (nSPS) is 20.1. The average Bonchev–Trinajstić information content (AvgIpc) is 3.10. The summed E-state index contributed by atoms with van der Waals surface area (Å²) in [4.78, 5) is 7.82. The molecule has 2 aromatic rings. The van der Waals surface area contributed by atoms with Crippen LogP contribution in [0.25, 0.3) is 10.9 Å². The summed E-state index contributed by atoms with van der Waals surface area (Å²) >= 11 is 6.08. The molecule has 3 rings (SSSR count). The maximum absolute atomic E-state index is 11.6. The van der Waals surface area contributed by atoms with Crippen molar-refractivity contribution in [3.8, 4) is 0 Å². The number of guanidine groups is 1. The van der Waals surface area contributed by atoms with Gasteiger partial charge in [0, 0.05) is 41.3 Å². The van der Waals surface area contributed by atoms with Crippen molar-refractivity contribution < 1.29 is 8.42 Å². The third-order valence-electron chi connectivity index (χ3n) is 4.30. The van der Waals surface area contributed by atoms with Gasteiger partial charge in [0.15, 0.2) is 15.8 Å². The minimum absolute atomic E-state index is 0.0605. The van der Waals surface area contributed by atoms with Crippen LogP contribution in [0, 0.1) is 0 Å². The first kappa shape index (κ1) is 18.1. The fourth-order valence-electron chi connectivity index (χ4n) is 3.07. The Morgan fingerprint density at radius 2 is 2.28 bits per heavy atom. The van der Waals surface area contributed by atoms with E-state index in [1.165, 1.54) is 5.56 Å². The summed E-state index contributed by atoms with van der Waals surface area (Å²) in [6.45, 7) is 3.33. The lowest BCUT2D eigenvalue weighted by molar-refractivity contribution is 0.599. The van der Waals surface area contributed by atoms with E-state index in [0.29, 0.717) is 23.9 Å². The maximum Gasteiger partial charge on any atom is 0.191 e. The number of benzene rings is 1. The predicted molar refractivity (Wildman–Crippen MR) is 103 cm³/mol. The summed E-state index contributed by atoms with van der Waals surface area (Å²) in [5, 5.41) is 8.24. The zero-order valence-electron chi connectivity index (χ0n) is 14.2. The topological polar surface area (TPSA) is 86.3 Å². The highest BCUT2D eigenvalue weighted by Crippen LogP contribution is 2.22. The predicted octanol–water partition coefficient (Wildman–Crippen LogP) is 2.11. The number of halogens is 1. The molecule has 8 heteroatoms. The number of aromatic amines is 1. The summed E-state index contributed by atoms with van der Waals surface area (Å²) in [5.74, 6) is 1.10. The Morgan fingerprint density at radius 1 is 1.44 bits per heavy atom. The fraction of sp³-hybridized carbons (Fsp3) is 0.471. The smallest absolute Gasteiger partial charge is 0.191 e. The van der Waals surface area contributed by atoms with Crippen molar-refractivity contribution in [2.24, 2.45) is 4.99 Å². The van der Waals surface area contributed by atoms with Crippen LogP contribution in [-0.4, -0.2) is 50.0 Å². The molecule has 1 unspecified atom stereocenters. The van der Waals surface area contributed by atoms with Crippen LogP contribution < -0.4 is 10.6 Å². The largest absolute Gasteiger partial charge is 0.361 e. The molecular formula is C17H23ClN4O2S. The maximum atomic E-state index is 11.6. The number of aromatic nitrogens is 1. The molecule has 136 valence electrons. The van der Waals surface area contributed by atoms with Gasteiger partial charge in [-0.05, 0) is 43.5 Å². The highest BCUT2D eigenvalue weighted by atomic mass is 35.5. The molecule has 1 aliphatic heterocycles. The molecule has 1 atom stereocenters. The van der Waals surface area contributed by atoms with Crippen LogP contribution in [-0.2, 0) is 16.3 Å². The van der Waals surface area contributed by atoms with E-state index in [4.69, 9.17) is 11.6 Å². The number of fused-ring (bicyclic) bond motifs is 1. The van der Waals surface area contributed by atoms with E-state index >= 15 is 0 Å². The number of H-pyrrole nitrogens is 1. The molecule has 25 heavy (non-hydrogen) atoms. The number of rotatable bonds is 5. The van der Waals surface area contributed by atoms with Gasteiger partial charge in [0.1, 0.15) is 0 Å². The van der Waals surface area contributed by atoms with Crippen molar-refractivity contribution in [1.29, 1.82) is 0 Å². The molecule has 0 amide bonds. The zero-order chi connectivity index (χ0) is 17.9. The quantitative estimate of drug-likeness (QED) is 0.546. The summed E-state index contributed by atoms with van der Waals surface area (Å²) in [5.41, 5.74) is 2.23. The van der Waals surface area contributed by atoms with Gasteiger partial charge in [-0.15, -0.1) is 0 Å². The van der Waals surface area contributed by atoms with Crippen LogP contribution in [0.15, 0.2) is 29.4 Å². The highest BCUT2D eigenvalue weighted by Gasteiger charge is 2.28. The molecule has 0 spiro atoms. The number of nitrogens with zero attached hydrogens (tertiary/aromatic N) is 1. The van der Waals surface area contributed by atoms with Crippen molar-refractivity contribution in [3.63, 3.8) is 0 Å². The van der Waals surface area contributed by atoms with Crippen molar-refractivity contribution in [1.82, 2.24) is 15.6 Å². The van der Waals surface area contributed by atoms with Crippen molar-refractivity contribution in [2.45, 2.75) is 25.8 Å². The Bertz CT molecular complexity index is 876. The van der Waals surface area contributed by atoms with Gasteiger partial charge < -0.3 is 15.6 Å². The first-order chi connectivity index (χ1) is 12.0. The molecule has 0 radical (unpaired) electrons. The van der Waals surface area contributed by atoms with Gasteiger partial charge in [-0.25, -0.2) is 8.42 Å². The van der Waals surface area contributed by atoms with Crippen LogP contribution in [0.1, 0.15) is 18.9 Å². The number of aliphatic imine (C=N–C) groups is 1. The van der Waals surface area contributed by atoms with Crippen LogP contribution in [0.4, 0.5) is 0 Å². The minimum Gasteiger partial charge on any atom is -0.361 e. The van der Waals surface area contributed by atoms with E-state index in [1.54, 1.807) is 0 Å². The first-order valence-electron chi connectivity index (χ1n) is 8.47. The van der Waals surface area contributed by atoms with E-state index in [0.717, 1.165) is 23.9 Å². The molecule has 6 nitrogen and oxygen atoms in total. The minimum atomic E-state index is -2.90. The molecule has 0 bridgehead atoms. The van der Waals surface area contributed by atoms with Crippen LogP contribution in [0.2, 0.25) is 5.02 Å². The summed E-state index contributed by atoms with van der Waals surface area (Å²) in [7, 11) is -2.90. The van der Waals surface area contributed by atoms with Crippen LogP contribution in [0.5, 0.6) is 0 Å². The third kappa shape index (κ3) is 4.67. The summed E-state index contributed by atoms with van der Waals surface area (Å²) in [6.07, 6.45) is 3.40. The van der Waals surface area contributed by atoms with E-state index in [2.05, 4.69) is 20.6 Å². The lowest BCUT2D eigenvalue weighted by atomic mass is 10.1. The number of nitrogens with one attached hydrogen (secondary N) is 3. The molecule has 2 heterocycles. The molecule has 1 aromatic heterocycles. The average molecular weight is 383 g/mol. The number of hydrogen-bond acceptors (Lipinski definition) is 3. The van der Waals surface area contributed by atoms with Crippen molar-refractivity contribution >= 4 is 38.3 Å². The molecule has 1 saturated heterocycles. The van der Waals surface area contributed by atoms with E-state index in [1.807, 2.05) is 31.3 Å². The van der Waals surface area contributed by atoms with Crippen molar-refractivity contribution in [3.05, 3.63) is 35.0 Å². The van der Waals surface area contributed by atoms with Gasteiger partial charge in [0.2, 0.25) is 0 Å². The van der Waals surface area contributed by atoms with Gasteiger partial charge in [0.25, 0.3) is 0 Å². The number of hydrogen-bond donors (Lipinski definition) is 3. The van der Waals surface area contributed by atoms with Crippen LogP contribution >= 0.6 is 11.6 Å². The summed E-state index contributed by atoms with van der Waals surface area (Å²) < 4.78 is 23.2. The lowest BCUT2D eigenvalue weighted by Crippen LogP contribution is -2.44. The van der Waals surface area contributed by atoms with Gasteiger partial charge >= 0.3 is 0 Å². The molecule has 0 aliphatic carbocycles. The van der Waals surface area contributed by atoms with Gasteiger partial charge in [-0.2, -0.15) is 0 Å². The SMILES string of the molecule is CCNC(=NCCc1c[nH]c2ccc(Cl)cc12)NC1CCS(=O)(=O)C1. The van der Waals surface area contributed by atoms with Crippen LogP contribution in [0.3, 0.4) is 0 Å². The summed E-state index contributed by atoms with van der Waals surface area (Å²) in [6, 6.07) is 5.73. The molecule has 1 aliphatic rings. The van der Waals surface area contributed by atoms with E-state index in [-0.39, 0.29) is 17.5 Å². The second-order valence-electron chi connectivity index (χ2n) is 6.26. The Labute approximate surface area is 153 Å². The second kappa shape index (κ2) is 7.66. The standard InChI is InChI=1S/C17H23ClN4O2S/c1-2-19-17(22-14-6-8-25(23,24)11-14)20-7-5-12-10-21-16-4-3-13(18)9-15(12)16/h3-4,9-10,14,21H,2,5-8,11H2,1H3,(H2,19,20,22). The zero-order valence-corrected chi connectivity index (χ0v) is 15.8. The van der Waals surface area contributed by atoms with Crippen molar-refractivity contribution in [2.75, 3.05) is 24.6 Å². The Hall–Kier alpha value is -1.73. The number of sulfone groups is 1. The molecule has 1 aromatic carbocycles. The highest BCUT2D eigenvalue weighted by molar-refractivity contribution is 7.91. The second-order valence-corrected chi connectivity index (χ2v) is 8.92. The van der Waals surface area contributed by atoms with Gasteiger partial charge in [-0.3, -0.25) is 4.99 Å². The molecule has 1 fully saturated rings. The fourth-order valence-corrected chi connectivity index (χ4v) is 4.91. The molecular weight excluding hydrogens is 360 g/mol.